The molecule has 1 saturated heterocycles. The van der Waals surface area contributed by atoms with Gasteiger partial charge in [-0.05, 0) is 42.0 Å². The number of rotatable bonds is 6. The number of amides is 1. The number of nitrogens with zero attached hydrogens (tertiary/aromatic N) is 1. The van der Waals surface area contributed by atoms with Crippen LogP contribution in [0.15, 0.2) is 84.9 Å². The standard InChI is InChI=1S/C26H28N2O2.ClH/c29-26(27-25-14-8-7-13-23(25)19-21-9-3-1-4-10-21)30-24-15-17-28(18-16-24)20-22-11-5-2-6-12-22;/h1-14,24H,15-20H2,(H,27,29);1H. The van der Waals surface area contributed by atoms with Gasteiger partial charge in [-0.1, -0.05) is 78.9 Å². The number of hydrogen-bond donors (Lipinski definition) is 1. The highest BCUT2D eigenvalue weighted by atomic mass is 35.5. The number of benzene rings is 3. The minimum atomic E-state index is -0.364. The molecule has 0 radical (unpaired) electrons. The van der Waals surface area contributed by atoms with Crippen LogP contribution in [0, 0.1) is 0 Å². The van der Waals surface area contributed by atoms with Gasteiger partial charge in [0.2, 0.25) is 0 Å². The topological polar surface area (TPSA) is 41.6 Å². The number of hydrogen-bond acceptors (Lipinski definition) is 3. The highest BCUT2D eigenvalue weighted by molar-refractivity contribution is 5.86. The third-order valence-electron chi connectivity index (χ3n) is 5.55. The lowest BCUT2D eigenvalue weighted by Crippen LogP contribution is -2.38. The molecular formula is C26H29ClN2O2. The van der Waals surface area contributed by atoms with E-state index in [4.69, 9.17) is 4.74 Å². The summed E-state index contributed by atoms with van der Waals surface area (Å²) in [6, 6.07) is 28.7. The highest BCUT2D eigenvalue weighted by Gasteiger charge is 2.22. The molecule has 1 aliphatic heterocycles. The van der Waals surface area contributed by atoms with E-state index in [1.807, 2.05) is 48.5 Å². The first-order valence-electron chi connectivity index (χ1n) is 10.6. The molecule has 1 heterocycles. The van der Waals surface area contributed by atoms with Crippen LogP contribution >= 0.6 is 12.4 Å². The Hall–Kier alpha value is -2.82. The second-order valence-corrected chi connectivity index (χ2v) is 7.81. The van der Waals surface area contributed by atoms with Crippen LogP contribution in [0.5, 0.6) is 0 Å². The smallest absolute Gasteiger partial charge is 0.411 e. The molecule has 0 saturated carbocycles. The van der Waals surface area contributed by atoms with Crippen molar-refractivity contribution < 1.29 is 9.53 Å². The second-order valence-electron chi connectivity index (χ2n) is 7.81. The number of piperidine rings is 1. The molecule has 0 aliphatic carbocycles. The summed E-state index contributed by atoms with van der Waals surface area (Å²) in [5.74, 6) is 0. The van der Waals surface area contributed by atoms with E-state index in [0.717, 1.165) is 50.1 Å². The summed E-state index contributed by atoms with van der Waals surface area (Å²) in [6.45, 7) is 2.83. The van der Waals surface area contributed by atoms with E-state index in [-0.39, 0.29) is 24.6 Å². The van der Waals surface area contributed by atoms with Crippen molar-refractivity contribution in [3.63, 3.8) is 0 Å². The summed E-state index contributed by atoms with van der Waals surface area (Å²) in [5, 5.41) is 2.95. The van der Waals surface area contributed by atoms with Gasteiger partial charge >= 0.3 is 6.09 Å². The average Bonchev–Trinajstić information content (AvgIpc) is 2.78. The van der Waals surface area contributed by atoms with Crippen molar-refractivity contribution in [2.45, 2.75) is 31.9 Å². The van der Waals surface area contributed by atoms with Crippen molar-refractivity contribution in [3.8, 4) is 0 Å². The fraction of sp³-hybridized carbons (Fsp3) is 0.269. The molecule has 0 bridgehead atoms. The number of nitrogens with one attached hydrogen (secondary N) is 1. The molecule has 162 valence electrons. The van der Waals surface area contributed by atoms with Gasteiger partial charge in [-0.3, -0.25) is 10.2 Å². The van der Waals surface area contributed by atoms with E-state index < -0.39 is 0 Å². The average molecular weight is 437 g/mol. The second kappa shape index (κ2) is 11.5. The predicted molar refractivity (Wildman–Crippen MR) is 128 cm³/mol. The minimum absolute atomic E-state index is 0. The molecule has 0 atom stereocenters. The third-order valence-corrected chi connectivity index (χ3v) is 5.55. The van der Waals surface area contributed by atoms with E-state index in [0.29, 0.717) is 0 Å². The molecule has 1 N–H and O–H groups in total. The van der Waals surface area contributed by atoms with E-state index in [2.05, 4.69) is 46.6 Å². The third kappa shape index (κ3) is 6.84. The summed E-state index contributed by atoms with van der Waals surface area (Å²) in [5.41, 5.74) is 4.43. The van der Waals surface area contributed by atoms with Crippen molar-refractivity contribution in [1.29, 1.82) is 0 Å². The Balaban J connectivity index is 0.00000272. The minimum Gasteiger partial charge on any atom is -0.446 e. The van der Waals surface area contributed by atoms with Crippen LogP contribution in [0.3, 0.4) is 0 Å². The molecule has 1 amide bonds. The van der Waals surface area contributed by atoms with Crippen LogP contribution in [-0.2, 0) is 17.7 Å². The Kier molecular flexibility index (Phi) is 8.51. The first kappa shape index (κ1) is 22.9. The summed E-state index contributed by atoms with van der Waals surface area (Å²) in [7, 11) is 0. The lowest BCUT2D eigenvalue weighted by Gasteiger charge is -2.31. The Morgan fingerprint density at radius 2 is 1.42 bits per heavy atom. The summed E-state index contributed by atoms with van der Waals surface area (Å²) >= 11 is 0. The fourth-order valence-electron chi connectivity index (χ4n) is 3.93. The van der Waals surface area contributed by atoms with E-state index in [1.54, 1.807) is 0 Å². The SMILES string of the molecule is Cl.O=C(Nc1ccccc1Cc1ccccc1)OC1CCN(Cc2ccccc2)CC1. The molecule has 1 aliphatic rings. The number of ether oxygens (including phenoxy) is 1. The van der Waals surface area contributed by atoms with Gasteiger partial charge in [0, 0.05) is 25.3 Å². The van der Waals surface area contributed by atoms with Gasteiger partial charge in [-0.2, -0.15) is 0 Å². The van der Waals surface area contributed by atoms with Crippen LogP contribution in [0.4, 0.5) is 10.5 Å². The van der Waals surface area contributed by atoms with Crippen LogP contribution < -0.4 is 5.32 Å². The zero-order valence-corrected chi connectivity index (χ0v) is 18.4. The summed E-state index contributed by atoms with van der Waals surface area (Å²) in [6.07, 6.45) is 2.11. The van der Waals surface area contributed by atoms with Gasteiger partial charge in [0.15, 0.2) is 0 Å². The maximum Gasteiger partial charge on any atom is 0.411 e. The molecule has 4 nitrogen and oxygen atoms in total. The van der Waals surface area contributed by atoms with Gasteiger partial charge in [0.25, 0.3) is 0 Å². The van der Waals surface area contributed by atoms with Crippen LogP contribution in [0.25, 0.3) is 0 Å². The quantitative estimate of drug-likeness (QED) is 0.522. The van der Waals surface area contributed by atoms with Crippen molar-refractivity contribution in [2.75, 3.05) is 18.4 Å². The van der Waals surface area contributed by atoms with E-state index in [9.17, 15) is 4.79 Å². The lowest BCUT2D eigenvalue weighted by atomic mass is 10.0. The maximum atomic E-state index is 12.5. The maximum absolute atomic E-state index is 12.5. The molecular weight excluding hydrogens is 408 g/mol. The number of anilines is 1. The normalized spacial score (nSPS) is 14.5. The first-order valence-corrected chi connectivity index (χ1v) is 10.6. The largest absolute Gasteiger partial charge is 0.446 e. The van der Waals surface area contributed by atoms with Crippen LogP contribution in [0.1, 0.15) is 29.5 Å². The van der Waals surface area contributed by atoms with Gasteiger partial charge < -0.3 is 4.74 Å². The first-order chi connectivity index (χ1) is 14.8. The van der Waals surface area contributed by atoms with Crippen LogP contribution in [-0.4, -0.2) is 30.2 Å². The zero-order valence-electron chi connectivity index (χ0n) is 17.6. The Morgan fingerprint density at radius 1 is 0.839 bits per heavy atom. The molecule has 3 aromatic rings. The monoisotopic (exact) mass is 436 g/mol. The number of carbonyl (C=O) groups is 1. The van der Waals surface area contributed by atoms with Gasteiger partial charge in [0.1, 0.15) is 6.10 Å². The predicted octanol–water partition coefficient (Wildman–Crippen LogP) is 5.91. The van der Waals surface area contributed by atoms with Crippen molar-refractivity contribution in [1.82, 2.24) is 4.90 Å². The molecule has 3 aromatic carbocycles. The molecule has 5 heteroatoms. The number of halogens is 1. The molecule has 1 fully saturated rings. The van der Waals surface area contributed by atoms with E-state index in [1.165, 1.54) is 11.1 Å². The van der Waals surface area contributed by atoms with E-state index >= 15 is 0 Å². The van der Waals surface area contributed by atoms with Gasteiger partial charge in [-0.25, -0.2) is 4.79 Å². The van der Waals surface area contributed by atoms with Crippen molar-refractivity contribution in [2.24, 2.45) is 0 Å². The fourth-order valence-corrected chi connectivity index (χ4v) is 3.93. The van der Waals surface area contributed by atoms with Gasteiger partial charge in [-0.15, -0.1) is 12.4 Å². The number of para-hydroxylation sites is 1. The number of carbonyl (C=O) groups excluding carboxylic acids is 1. The Labute approximate surface area is 190 Å². The lowest BCUT2D eigenvalue weighted by molar-refractivity contribution is 0.0567. The Morgan fingerprint density at radius 3 is 2.10 bits per heavy atom. The summed E-state index contributed by atoms with van der Waals surface area (Å²) in [4.78, 5) is 14.9. The van der Waals surface area contributed by atoms with Gasteiger partial charge in [0.05, 0.1) is 0 Å². The highest BCUT2D eigenvalue weighted by Crippen LogP contribution is 2.21. The zero-order chi connectivity index (χ0) is 20.6. The van der Waals surface area contributed by atoms with Crippen LogP contribution in [0.2, 0.25) is 0 Å². The number of likely N-dealkylation sites (tertiary alicyclic amines) is 1. The molecule has 0 spiro atoms. The summed E-state index contributed by atoms with van der Waals surface area (Å²) < 4.78 is 5.72. The Bertz CT molecular complexity index is 942. The van der Waals surface area contributed by atoms with Crippen molar-refractivity contribution in [3.05, 3.63) is 102 Å². The molecule has 31 heavy (non-hydrogen) atoms. The molecule has 0 aromatic heterocycles. The molecule has 0 unspecified atom stereocenters. The molecule has 4 rings (SSSR count). The van der Waals surface area contributed by atoms with Crippen molar-refractivity contribution >= 4 is 24.2 Å².